The second-order valence-electron chi connectivity index (χ2n) is 3.17. The summed E-state index contributed by atoms with van der Waals surface area (Å²) in [5.74, 6) is 0. The van der Waals surface area contributed by atoms with E-state index in [0.717, 1.165) is 6.42 Å². The van der Waals surface area contributed by atoms with Crippen LogP contribution in [0.25, 0.3) is 0 Å². The summed E-state index contributed by atoms with van der Waals surface area (Å²) >= 11 is 1.72. The minimum absolute atomic E-state index is 0.0723. The molecule has 0 spiro atoms. The second-order valence-corrected chi connectivity index (χ2v) is 4.06. The van der Waals surface area contributed by atoms with Crippen LogP contribution in [0.1, 0.15) is 31.7 Å². The fourth-order valence-electron chi connectivity index (χ4n) is 1.33. The van der Waals surface area contributed by atoms with Crippen LogP contribution in [-0.4, -0.2) is 12.0 Å². The van der Waals surface area contributed by atoms with Crippen LogP contribution in [0.15, 0.2) is 11.6 Å². The summed E-state index contributed by atoms with van der Waals surface area (Å²) in [6.45, 7) is 4.40. The maximum absolute atomic E-state index is 4.33. The highest BCUT2D eigenvalue weighted by Gasteiger charge is 2.25. The van der Waals surface area contributed by atoms with E-state index in [1.807, 2.05) is 18.6 Å². The van der Waals surface area contributed by atoms with E-state index < -0.39 is 0 Å². The SMILES string of the molecule is CCCC(C)(NC)c1nccs1. The third kappa shape index (κ3) is 1.84. The van der Waals surface area contributed by atoms with Gasteiger partial charge in [-0.3, -0.25) is 0 Å². The third-order valence-electron chi connectivity index (χ3n) is 2.21. The van der Waals surface area contributed by atoms with Crippen LogP contribution < -0.4 is 5.32 Å². The maximum Gasteiger partial charge on any atom is 0.112 e. The second kappa shape index (κ2) is 4.01. The van der Waals surface area contributed by atoms with Crippen molar-refractivity contribution in [3.63, 3.8) is 0 Å². The van der Waals surface area contributed by atoms with Crippen molar-refractivity contribution in [1.29, 1.82) is 0 Å². The summed E-state index contributed by atoms with van der Waals surface area (Å²) in [5, 5.41) is 6.54. The minimum atomic E-state index is 0.0723. The fourth-order valence-corrected chi connectivity index (χ4v) is 2.17. The quantitative estimate of drug-likeness (QED) is 0.777. The zero-order valence-electron chi connectivity index (χ0n) is 7.92. The molecule has 0 aromatic carbocycles. The van der Waals surface area contributed by atoms with Gasteiger partial charge in [-0.05, 0) is 20.4 Å². The molecule has 1 aromatic rings. The third-order valence-corrected chi connectivity index (χ3v) is 3.24. The molecule has 0 aliphatic rings. The number of nitrogens with zero attached hydrogens (tertiary/aromatic N) is 1. The van der Waals surface area contributed by atoms with Gasteiger partial charge in [-0.15, -0.1) is 11.3 Å². The van der Waals surface area contributed by atoms with Crippen LogP contribution in [0.2, 0.25) is 0 Å². The fraction of sp³-hybridized carbons (Fsp3) is 0.667. The summed E-state index contributed by atoms with van der Waals surface area (Å²) in [5.41, 5.74) is 0.0723. The van der Waals surface area contributed by atoms with Crippen LogP contribution in [0.3, 0.4) is 0 Å². The van der Waals surface area contributed by atoms with Crippen molar-refractivity contribution in [2.75, 3.05) is 7.05 Å². The van der Waals surface area contributed by atoms with Crippen molar-refractivity contribution >= 4 is 11.3 Å². The van der Waals surface area contributed by atoms with Gasteiger partial charge in [-0.2, -0.15) is 0 Å². The van der Waals surface area contributed by atoms with E-state index in [0.29, 0.717) is 0 Å². The average Bonchev–Trinajstić information content (AvgIpc) is 2.57. The predicted octanol–water partition coefficient (Wildman–Crippen LogP) is 2.38. The molecule has 1 unspecified atom stereocenters. The number of hydrogen-bond acceptors (Lipinski definition) is 3. The summed E-state index contributed by atoms with van der Waals surface area (Å²) < 4.78 is 0. The highest BCUT2D eigenvalue weighted by Crippen LogP contribution is 2.26. The van der Waals surface area contributed by atoms with Crippen LogP contribution in [0.5, 0.6) is 0 Å². The maximum atomic E-state index is 4.33. The standard InChI is InChI=1S/C9H16N2S/c1-4-5-9(2,10-3)8-11-6-7-12-8/h6-7,10H,4-5H2,1-3H3. The number of aromatic nitrogens is 1. The Morgan fingerprint density at radius 2 is 2.42 bits per heavy atom. The minimum Gasteiger partial charge on any atom is -0.309 e. The average molecular weight is 184 g/mol. The molecule has 2 nitrogen and oxygen atoms in total. The first kappa shape index (κ1) is 9.68. The van der Waals surface area contributed by atoms with Crippen molar-refractivity contribution in [3.05, 3.63) is 16.6 Å². The van der Waals surface area contributed by atoms with E-state index >= 15 is 0 Å². The van der Waals surface area contributed by atoms with Gasteiger partial charge >= 0.3 is 0 Å². The molecule has 1 aromatic heterocycles. The Kier molecular flexibility index (Phi) is 3.23. The molecule has 0 fully saturated rings. The molecule has 1 rings (SSSR count). The van der Waals surface area contributed by atoms with E-state index in [9.17, 15) is 0 Å². The Bertz CT molecular complexity index is 220. The molecule has 0 saturated heterocycles. The van der Waals surface area contributed by atoms with Crippen molar-refractivity contribution in [2.45, 2.75) is 32.2 Å². The molecule has 68 valence electrons. The topological polar surface area (TPSA) is 24.9 Å². The largest absolute Gasteiger partial charge is 0.309 e. The zero-order valence-corrected chi connectivity index (χ0v) is 8.74. The lowest BCUT2D eigenvalue weighted by Gasteiger charge is -2.26. The van der Waals surface area contributed by atoms with Gasteiger partial charge in [-0.25, -0.2) is 4.98 Å². The van der Waals surface area contributed by atoms with E-state index in [1.165, 1.54) is 11.4 Å². The molecule has 0 aliphatic carbocycles. The highest BCUT2D eigenvalue weighted by atomic mass is 32.1. The number of hydrogen-bond donors (Lipinski definition) is 1. The first-order chi connectivity index (χ1) is 5.73. The summed E-state index contributed by atoms with van der Waals surface area (Å²) in [6.07, 6.45) is 4.18. The number of thiazole rings is 1. The molecular weight excluding hydrogens is 168 g/mol. The van der Waals surface area contributed by atoms with Crippen molar-refractivity contribution in [1.82, 2.24) is 10.3 Å². The van der Waals surface area contributed by atoms with Gasteiger partial charge in [0.1, 0.15) is 5.01 Å². The van der Waals surface area contributed by atoms with E-state index in [2.05, 4.69) is 24.1 Å². The van der Waals surface area contributed by atoms with E-state index in [1.54, 1.807) is 11.3 Å². The van der Waals surface area contributed by atoms with Crippen LogP contribution in [-0.2, 0) is 5.54 Å². The molecule has 0 saturated carbocycles. The Labute approximate surface area is 78.0 Å². The molecule has 3 heteroatoms. The van der Waals surface area contributed by atoms with Gasteiger partial charge in [0.05, 0.1) is 5.54 Å². The lowest BCUT2D eigenvalue weighted by Crippen LogP contribution is -2.36. The molecule has 1 N–H and O–H groups in total. The zero-order chi connectivity index (χ0) is 9.03. The van der Waals surface area contributed by atoms with Gasteiger partial charge in [-0.1, -0.05) is 13.3 Å². The Hall–Kier alpha value is -0.410. The van der Waals surface area contributed by atoms with Crippen molar-refractivity contribution < 1.29 is 0 Å². The summed E-state index contributed by atoms with van der Waals surface area (Å²) in [4.78, 5) is 4.33. The first-order valence-corrected chi connectivity index (χ1v) is 5.20. The smallest absolute Gasteiger partial charge is 0.112 e. The van der Waals surface area contributed by atoms with Gasteiger partial charge in [0.2, 0.25) is 0 Å². The van der Waals surface area contributed by atoms with Crippen LogP contribution >= 0.6 is 11.3 Å². The molecule has 1 heterocycles. The molecule has 12 heavy (non-hydrogen) atoms. The molecule has 0 amide bonds. The summed E-state index contributed by atoms with van der Waals surface area (Å²) in [7, 11) is 2.00. The van der Waals surface area contributed by atoms with Crippen molar-refractivity contribution in [3.8, 4) is 0 Å². The molecule has 0 aliphatic heterocycles. The van der Waals surface area contributed by atoms with Crippen LogP contribution in [0, 0.1) is 0 Å². The Balaban J connectivity index is 2.80. The first-order valence-electron chi connectivity index (χ1n) is 4.32. The van der Waals surface area contributed by atoms with Gasteiger partial charge in [0.15, 0.2) is 0 Å². The molecule has 0 radical (unpaired) electrons. The molecule has 1 atom stereocenters. The Morgan fingerprint density at radius 1 is 1.67 bits per heavy atom. The van der Waals surface area contributed by atoms with Gasteiger partial charge in [0, 0.05) is 11.6 Å². The van der Waals surface area contributed by atoms with E-state index in [4.69, 9.17) is 0 Å². The van der Waals surface area contributed by atoms with E-state index in [-0.39, 0.29) is 5.54 Å². The van der Waals surface area contributed by atoms with Crippen LogP contribution in [0.4, 0.5) is 0 Å². The predicted molar refractivity (Wildman–Crippen MR) is 53.4 cm³/mol. The Morgan fingerprint density at radius 3 is 2.83 bits per heavy atom. The summed E-state index contributed by atoms with van der Waals surface area (Å²) in [6, 6.07) is 0. The van der Waals surface area contributed by atoms with Gasteiger partial charge in [0.25, 0.3) is 0 Å². The highest BCUT2D eigenvalue weighted by molar-refractivity contribution is 7.09. The molecule has 0 bridgehead atoms. The lowest BCUT2D eigenvalue weighted by molar-refractivity contribution is 0.364. The number of nitrogens with one attached hydrogen (secondary N) is 1. The monoisotopic (exact) mass is 184 g/mol. The molecular formula is C9H16N2S. The normalized spacial score (nSPS) is 15.9. The van der Waals surface area contributed by atoms with Crippen molar-refractivity contribution in [2.24, 2.45) is 0 Å². The number of rotatable bonds is 4. The lowest BCUT2D eigenvalue weighted by atomic mass is 9.97. The van der Waals surface area contributed by atoms with Gasteiger partial charge < -0.3 is 5.32 Å².